The number of nitrogens with zero attached hydrogens (tertiary/aromatic N) is 1. The van der Waals surface area contributed by atoms with Gasteiger partial charge in [0.05, 0.1) is 36.3 Å². The van der Waals surface area contributed by atoms with Gasteiger partial charge in [-0.3, -0.25) is 4.79 Å². The molecule has 1 amide bonds. The first kappa shape index (κ1) is 26.0. The van der Waals surface area contributed by atoms with E-state index in [-0.39, 0.29) is 44.8 Å². The number of methoxy groups -OCH3 is 2. The van der Waals surface area contributed by atoms with Gasteiger partial charge in [0, 0.05) is 23.8 Å². The summed E-state index contributed by atoms with van der Waals surface area (Å²) in [7, 11) is -1.60. The number of amides is 1. The summed E-state index contributed by atoms with van der Waals surface area (Å²) in [6.45, 7) is 0.150. The molecule has 0 bridgehead atoms. The first-order valence-electron chi connectivity index (χ1n) is 10.1. The SMILES string of the molecule is COC(=O)c1cc(NC(=O)[C@H]2CCCN(S(=O)(=O)c3cc(Cl)ccc3Cl)C2)cc(C(=O)OC)c1. The second-order valence-corrected chi connectivity index (χ2v) is 10.3. The molecule has 1 aliphatic heterocycles. The van der Waals surface area contributed by atoms with Crippen LogP contribution in [0.3, 0.4) is 0 Å². The molecule has 9 nitrogen and oxygen atoms in total. The van der Waals surface area contributed by atoms with E-state index in [1.807, 2.05) is 0 Å². The number of sulfonamides is 1. The van der Waals surface area contributed by atoms with Crippen LogP contribution in [0.1, 0.15) is 33.6 Å². The van der Waals surface area contributed by atoms with Gasteiger partial charge in [-0.15, -0.1) is 0 Å². The Morgan fingerprint density at radius 1 is 1.00 bits per heavy atom. The van der Waals surface area contributed by atoms with Gasteiger partial charge < -0.3 is 14.8 Å². The van der Waals surface area contributed by atoms with Crippen molar-refractivity contribution in [1.82, 2.24) is 4.31 Å². The number of carbonyl (C=O) groups is 3. The summed E-state index contributed by atoms with van der Waals surface area (Å²) >= 11 is 12.0. The van der Waals surface area contributed by atoms with Gasteiger partial charge in [0.15, 0.2) is 0 Å². The van der Waals surface area contributed by atoms with Crippen molar-refractivity contribution in [2.45, 2.75) is 17.7 Å². The third-order valence-corrected chi connectivity index (χ3v) is 7.89. The molecule has 1 heterocycles. The Bertz CT molecular complexity index is 1200. The lowest BCUT2D eigenvalue weighted by Gasteiger charge is -2.31. The van der Waals surface area contributed by atoms with Gasteiger partial charge >= 0.3 is 11.9 Å². The van der Waals surface area contributed by atoms with E-state index < -0.39 is 33.8 Å². The van der Waals surface area contributed by atoms with Gasteiger partial charge in [-0.05, 0) is 49.2 Å². The number of hydrogen-bond donors (Lipinski definition) is 1. The number of anilines is 1. The number of ether oxygens (including phenoxy) is 2. The molecule has 1 atom stereocenters. The van der Waals surface area contributed by atoms with Crippen molar-refractivity contribution in [2.24, 2.45) is 5.92 Å². The predicted octanol–water partition coefficient (Wildman–Crippen LogP) is 3.61. The second-order valence-electron chi connectivity index (χ2n) is 7.55. The van der Waals surface area contributed by atoms with E-state index in [1.165, 1.54) is 54.9 Å². The van der Waals surface area contributed by atoms with Crippen LogP contribution in [0.4, 0.5) is 5.69 Å². The van der Waals surface area contributed by atoms with Crippen molar-refractivity contribution < 1.29 is 32.3 Å². The van der Waals surface area contributed by atoms with Crippen LogP contribution in [0.5, 0.6) is 0 Å². The fourth-order valence-corrected chi connectivity index (χ4v) is 5.87. The minimum absolute atomic E-state index is 0.0333. The van der Waals surface area contributed by atoms with Crippen molar-refractivity contribution >= 4 is 56.8 Å². The number of hydrogen-bond acceptors (Lipinski definition) is 7. The van der Waals surface area contributed by atoms with Crippen molar-refractivity contribution in [3.05, 3.63) is 57.6 Å². The maximum absolute atomic E-state index is 13.1. The average molecular weight is 529 g/mol. The maximum Gasteiger partial charge on any atom is 0.337 e. The summed E-state index contributed by atoms with van der Waals surface area (Å²) in [6, 6.07) is 8.17. The number of esters is 2. The van der Waals surface area contributed by atoms with E-state index in [9.17, 15) is 22.8 Å². The van der Waals surface area contributed by atoms with Gasteiger partial charge in [-0.1, -0.05) is 23.2 Å². The Morgan fingerprint density at radius 3 is 2.21 bits per heavy atom. The quantitative estimate of drug-likeness (QED) is 0.568. The van der Waals surface area contributed by atoms with Crippen molar-refractivity contribution in [1.29, 1.82) is 0 Å². The molecule has 1 saturated heterocycles. The molecule has 2 aromatic rings. The van der Waals surface area contributed by atoms with E-state index in [4.69, 9.17) is 32.7 Å². The van der Waals surface area contributed by atoms with Crippen LogP contribution in [0.2, 0.25) is 10.0 Å². The summed E-state index contributed by atoms with van der Waals surface area (Å²) < 4.78 is 36.9. The normalized spacial score (nSPS) is 16.5. The van der Waals surface area contributed by atoms with Crippen molar-refractivity contribution in [3.63, 3.8) is 0 Å². The summed E-state index contributed by atoms with van der Waals surface area (Å²) in [5.41, 5.74) is 0.263. The van der Waals surface area contributed by atoms with E-state index in [0.29, 0.717) is 12.8 Å². The molecule has 0 unspecified atom stereocenters. The molecule has 12 heteroatoms. The standard InChI is InChI=1S/C22H22Cl2N2O7S/c1-32-21(28)14-8-15(22(29)33-2)10-17(9-14)25-20(27)13-4-3-7-26(12-13)34(30,31)19-11-16(23)5-6-18(19)24/h5-6,8-11,13H,3-4,7,12H2,1-2H3,(H,25,27)/t13-/m0/s1. The zero-order chi connectivity index (χ0) is 25.0. The molecule has 0 aliphatic carbocycles. The third-order valence-electron chi connectivity index (χ3n) is 5.31. The summed E-state index contributed by atoms with van der Waals surface area (Å²) in [6.07, 6.45) is 0.896. The van der Waals surface area contributed by atoms with Crippen LogP contribution in [0.25, 0.3) is 0 Å². The average Bonchev–Trinajstić information content (AvgIpc) is 2.84. The molecular weight excluding hydrogens is 507 g/mol. The summed E-state index contributed by atoms with van der Waals surface area (Å²) in [4.78, 5) is 36.8. The lowest BCUT2D eigenvalue weighted by atomic mass is 9.98. The Balaban J connectivity index is 1.82. The molecule has 1 N–H and O–H groups in total. The molecule has 1 fully saturated rings. The molecule has 0 radical (unpaired) electrons. The Hall–Kier alpha value is -2.66. The molecule has 182 valence electrons. The van der Waals surface area contributed by atoms with E-state index in [0.717, 1.165) is 0 Å². The van der Waals surface area contributed by atoms with Crippen molar-refractivity contribution in [3.8, 4) is 0 Å². The molecular formula is C22H22Cl2N2O7S. The van der Waals surface area contributed by atoms with E-state index in [1.54, 1.807) is 0 Å². The predicted molar refractivity (Wildman–Crippen MR) is 126 cm³/mol. The summed E-state index contributed by atoms with van der Waals surface area (Å²) in [5, 5.41) is 2.92. The number of benzene rings is 2. The molecule has 0 aromatic heterocycles. The van der Waals surface area contributed by atoms with Crippen molar-refractivity contribution in [2.75, 3.05) is 32.6 Å². The topological polar surface area (TPSA) is 119 Å². The lowest BCUT2D eigenvalue weighted by molar-refractivity contribution is -0.120. The number of rotatable bonds is 6. The van der Waals surface area contributed by atoms with Crippen LogP contribution in [0.15, 0.2) is 41.3 Å². The number of piperidine rings is 1. The van der Waals surface area contributed by atoms with E-state index in [2.05, 4.69) is 5.32 Å². The van der Waals surface area contributed by atoms with Crippen LogP contribution >= 0.6 is 23.2 Å². The second kappa shape index (κ2) is 10.7. The molecule has 0 spiro atoms. The van der Waals surface area contributed by atoms with Gasteiger partial charge in [-0.2, -0.15) is 4.31 Å². The van der Waals surface area contributed by atoms with E-state index >= 15 is 0 Å². The summed E-state index contributed by atoms with van der Waals surface area (Å²) in [5.74, 6) is -2.54. The molecule has 34 heavy (non-hydrogen) atoms. The first-order chi connectivity index (χ1) is 16.1. The highest BCUT2D eigenvalue weighted by Gasteiger charge is 2.34. The number of carbonyl (C=O) groups excluding carboxylic acids is 3. The third kappa shape index (κ3) is 5.69. The van der Waals surface area contributed by atoms with Crippen LogP contribution in [-0.2, 0) is 24.3 Å². The Kier molecular flexibility index (Phi) is 8.19. The lowest BCUT2D eigenvalue weighted by Crippen LogP contribution is -2.43. The highest BCUT2D eigenvalue weighted by molar-refractivity contribution is 7.89. The zero-order valence-corrected chi connectivity index (χ0v) is 20.7. The zero-order valence-electron chi connectivity index (χ0n) is 18.3. The first-order valence-corrected chi connectivity index (χ1v) is 12.3. The monoisotopic (exact) mass is 528 g/mol. The van der Waals surface area contributed by atoms with Crippen LogP contribution in [-0.4, -0.2) is 57.9 Å². The number of nitrogens with one attached hydrogen (secondary N) is 1. The van der Waals surface area contributed by atoms with Gasteiger partial charge in [0.2, 0.25) is 15.9 Å². The fourth-order valence-electron chi connectivity index (χ4n) is 3.60. The minimum Gasteiger partial charge on any atom is -0.465 e. The number of halogens is 2. The minimum atomic E-state index is -3.98. The Labute approximate surface area is 207 Å². The smallest absolute Gasteiger partial charge is 0.337 e. The van der Waals surface area contributed by atoms with Gasteiger partial charge in [0.1, 0.15) is 4.90 Å². The fraction of sp³-hybridized carbons (Fsp3) is 0.318. The largest absolute Gasteiger partial charge is 0.465 e. The Morgan fingerprint density at radius 2 is 1.62 bits per heavy atom. The molecule has 2 aromatic carbocycles. The highest BCUT2D eigenvalue weighted by atomic mass is 35.5. The van der Waals surface area contributed by atoms with Crippen LogP contribution in [0, 0.1) is 5.92 Å². The van der Waals surface area contributed by atoms with Gasteiger partial charge in [-0.25, -0.2) is 18.0 Å². The van der Waals surface area contributed by atoms with Crippen LogP contribution < -0.4 is 5.32 Å². The molecule has 1 aliphatic rings. The molecule has 0 saturated carbocycles. The maximum atomic E-state index is 13.1. The molecule has 3 rings (SSSR count). The highest BCUT2D eigenvalue weighted by Crippen LogP contribution is 2.31. The van der Waals surface area contributed by atoms with Gasteiger partial charge in [0.25, 0.3) is 0 Å².